The summed E-state index contributed by atoms with van der Waals surface area (Å²) in [6, 6.07) is 9.22. The smallest absolute Gasteiger partial charge is 0.352 e. The van der Waals surface area contributed by atoms with E-state index in [2.05, 4.69) is 10.3 Å². The maximum absolute atomic E-state index is 12.0. The Morgan fingerprint density at radius 3 is 2.82 bits per heavy atom. The van der Waals surface area contributed by atoms with E-state index < -0.39 is 5.97 Å². The van der Waals surface area contributed by atoms with Crippen molar-refractivity contribution >= 4 is 34.1 Å². The van der Waals surface area contributed by atoms with Crippen LogP contribution in [-0.4, -0.2) is 22.0 Å². The molecule has 0 atom stereocenters. The number of carbonyl (C=O) groups excluding carboxylic acids is 1. The van der Waals surface area contributed by atoms with E-state index in [1.165, 1.54) is 11.3 Å². The second-order valence-corrected chi connectivity index (χ2v) is 5.94. The number of carboxylic acids is 1. The van der Waals surface area contributed by atoms with Gasteiger partial charge in [0, 0.05) is 23.0 Å². The Labute approximate surface area is 130 Å². The van der Waals surface area contributed by atoms with Crippen molar-refractivity contribution < 1.29 is 14.7 Å². The van der Waals surface area contributed by atoms with Crippen molar-refractivity contribution in [2.75, 3.05) is 0 Å². The number of hydrogen-bond donors (Lipinski definition) is 3. The highest BCUT2D eigenvalue weighted by atomic mass is 32.1. The first kappa shape index (κ1) is 14.3. The highest BCUT2D eigenvalue weighted by Gasteiger charge is 2.18. The van der Waals surface area contributed by atoms with E-state index in [0.29, 0.717) is 10.4 Å². The molecule has 0 aliphatic carbocycles. The van der Waals surface area contributed by atoms with Crippen LogP contribution in [0.3, 0.4) is 0 Å². The summed E-state index contributed by atoms with van der Waals surface area (Å²) in [6.07, 6.45) is 0. The third-order valence-electron chi connectivity index (χ3n) is 3.45. The van der Waals surface area contributed by atoms with Crippen LogP contribution in [0, 0.1) is 6.92 Å². The minimum atomic E-state index is -1.03. The van der Waals surface area contributed by atoms with E-state index in [0.717, 1.165) is 16.5 Å². The summed E-state index contributed by atoms with van der Waals surface area (Å²) in [5, 5.41) is 14.8. The summed E-state index contributed by atoms with van der Waals surface area (Å²) in [4.78, 5) is 26.9. The molecule has 5 nitrogen and oxygen atoms in total. The summed E-state index contributed by atoms with van der Waals surface area (Å²) in [5.74, 6) is -1.23. The summed E-state index contributed by atoms with van der Waals surface area (Å²) < 4.78 is 0. The molecule has 0 saturated heterocycles. The summed E-state index contributed by atoms with van der Waals surface area (Å²) in [6.45, 7) is 2.11. The average Bonchev–Trinajstić information content (AvgIpc) is 3.12. The maximum Gasteiger partial charge on any atom is 0.352 e. The fourth-order valence-corrected chi connectivity index (χ4v) is 3.03. The van der Waals surface area contributed by atoms with E-state index in [4.69, 9.17) is 0 Å². The van der Waals surface area contributed by atoms with Crippen LogP contribution >= 0.6 is 11.3 Å². The number of hydrogen-bond acceptors (Lipinski definition) is 3. The SMILES string of the molecule is Cc1ccc2[nH]c(C(=O)O)c(CNC(=O)c3cccs3)c2c1. The molecule has 0 unspecified atom stereocenters. The lowest BCUT2D eigenvalue weighted by Gasteiger charge is -2.05. The van der Waals surface area contributed by atoms with Gasteiger partial charge in [-0.15, -0.1) is 11.3 Å². The number of aryl methyl sites for hydroxylation is 1. The zero-order valence-electron chi connectivity index (χ0n) is 11.8. The molecule has 22 heavy (non-hydrogen) atoms. The highest BCUT2D eigenvalue weighted by Crippen LogP contribution is 2.24. The van der Waals surface area contributed by atoms with Crippen LogP contribution in [0.25, 0.3) is 10.9 Å². The molecule has 0 radical (unpaired) electrons. The number of aromatic nitrogens is 1. The molecule has 112 valence electrons. The molecule has 2 heterocycles. The normalized spacial score (nSPS) is 10.8. The number of amides is 1. The first-order valence-electron chi connectivity index (χ1n) is 6.72. The van der Waals surface area contributed by atoms with Gasteiger partial charge in [-0.2, -0.15) is 0 Å². The Hall–Kier alpha value is -2.60. The Morgan fingerprint density at radius 1 is 1.32 bits per heavy atom. The van der Waals surface area contributed by atoms with Crippen LogP contribution in [-0.2, 0) is 6.54 Å². The minimum Gasteiger partial charge on any atom is -0.477 e. The molecule has 0 bridgehead atoms. The van der Waals surface area contributed by atoms with E-state index in [9.17, 15) is 14.7 Å². The fourth-order valence-electron chi connectivity index (χ4n) is 2.39. The van der Waals surface area contributed by atoms with Gasteiger partial charge in [0.1, 0.15) is 5.69 Å². The lowest BCUT2D eigenvalue weighted by Crippen LogP contribution is -2.22. The van der Waals surface area contributed by atoms with Crippen LogP contribution in [0.5, 0.6) is 0 Å². The number of fused-ring (bicyclic) bond motifs is 1. The predicted octanol–water partition coefficient (Wildman–Crippen LogP) is 3.17. The van der Waals surface area contributed by atoms with E-state index in [1.54, 1.807) is 12.1 Å². The van der Waals surface area contributed by atoms with Crippen molar-refractivity contribution in [1.29, 1.82) is 0 Å². The molecule has 2 aromatic heterocycles. The number of nitrogens with one attached hydrogen (secondary N) is 2. The van der Waals surface area contributed by atoms with Crippen molar-refractivity contribution in [2.45, 2.75) is 13.5 Å². The van der Waals surface area contributed by atoms with Gasteiger partial charge in [-0.25, -0.2) is 4.79 Å². The Morgan fingerprint density at radius 2 is 2.14 bits per heavy atom. The van der Waals surface area contributed by atoms with Gasteiger partial charge in [-0.05, 0) is 30.5 Å². The summed E-state index contributed by atoms with van der Waals surface area (Å²) >= 11 is 1.35. The molecule has 3 rings (SSSR count). The quantitative estimate of drug-likeness (QED) is 0.692. The first-order valence-corrected chi connectivity index (χ1v) is 7.60. The lowest BCUT2D eigenvalue weighted by atomic mass is 10.1. The fraction of sp³-hybridized carbons (Fsp3) is 0.125. The number of H-pyrrole nitrogens is 1. The molecule has 0 aliphatic heterocycles. The third-order valence-corrected chi connectivity index (χ3v) is 4.31. The van der Waals surface area contributed by atoms with E-state index in [1.807, 2.05) is 30.5 Å². The van der Waals surface area contributed by atoms with Gasteiger partial charge < -0.3 is 15.4 Å². The molecule has 0 spiro atoms. The third kappa shape index (κ3) is 2.60. The Bertz CT molecular complexity index is 850. The number of aromatic carboxylic acids is 1. The Balaban J connectivity index is 1.94. The number of carbonyl (C=O) groups is 2. The van der Waals surface area contributed by atoms with Crippen LogP contribution in [0.15, 0.2) is 35.7 Å². The van der Waals surface area contributed by atoms with Gasteiger partial charge in [0.2, 0.25) is 0 Å². The molecule has 0 fully saturated rings. The number of benzene rings is 1. The van der Waals surface area contributed by atoms with Crippen molar-refractivity contribution in [3.8, 4) is 0 Å². The Kier molecular flexibility index (Phi) is 3.68. The molecule has 3 aromatic rings. The van der Waals surface area contributed by atoms with Gasteiger partial charge in [0.05, 0.1) is 4.88 Å². The maximum atomic E-state index is 12.0. The lowest BCUT2D eigenvalue weighted by molar-refractivity contribution is 0.0689. The van der Waals surface area contributed by atoms with Crippen molar-refractivity contribution in [3.63, 3.8) is 0 Å². The topological polar surface area (TPSA) is 82.2 Å². The number of rotatable bonds is 4. The second kappa shape index (κ2) is 5.65. The number of aromatic amines is 1. The van der Waals surface area contributed by atoms with Gasteiger partial charge in [0.15, 0.2) is 0 Å². The van der Waals surface area contributed by atoms with Gasteiger partial charge in [-0.3, -0.25) is 4.79 Å². The molecule has 6 heteroatoms. The molecule has 1 amide bonds. The second-order valence-electron chi connectivity index (χ2n) is 4.99. The number of carboxylic acid groups (broad SMARTS) is 1. The molecule has 0 saturated carbocycles. The van der Waals surface area contributed by atoms with Crippen molar-refractivity contribution in [2.24, 2.45) is 0 Å². The molecular weight excluding hydrogens is 300 g/mol. The van der Waals surface area contributed by atoms with Crippen molar-refractivity contribution in [3.05, 3.63) is 57.4 Å². The standard InChI is InChI=1S/C16H14N2O3S/c1-9-4-5-12-10(7-9)11(14(18-12)16(20)21)8-17-15(19)13-3-2-6-22-13/h2-7,18H,8H2,1H3,(H,17,19)(H,20,21). The molecule has 1 aromatic carbocycles. The highest BCUT2D eigenvalue weighted by molar-refractivity contribution is 7.12. The first-order chi connectivity index (χ1) is 10.6. The molecular formula is C16H14N2O3S. The summed E-state index contributed by atoms with van der Waals surface area (Å²) in [7, 11) is 0. The largest absolute Gasteiger partial charge is 0.477 e. The van der Waals surface area contributed by atoms with Crippen LogP contribution in [0.1, 0.15) is 31.3 Å². The van der Waals surface area contributed by atoms with Crippen LogP contribution in [0.2, 0.25) is 0 Å². The van der Waals surface area contributed by atoms with Crippen LogP contribution < -0.4 is 5.32 Å². The van der Waals surface area contributed by atoms with Crippen molar-refractivity contribution in [1.82, 2.24) is 10.3 Å². The zero-order valence-corrected chi connectivity index (χ0v) is 12.7. The number of thiophene rings is 1. The summed E-state index contributed by atoms with van der Waals surface area (Å²) in [5.41, 5.74) is 2.50. The van der Waals surface area contributed by atoms with E-state index in [-0.39, 0.29) is 18.1 Å². The average molecular weight is 314 g/mol. The van der Waals surface area contributed by atoms with Crippen LogP contribution in [0.4, 0.5) is 0 Å². The predicted molar refractivity (Wildman–Crippen MR) is 85.5 cm³/mol. The minimum absolute atomic E-state index is 0.118. The van der Waals surface area contributed by atoms with Gasteiger partial charge in [-0.1, -0.05) is 17.7 Å². The monoisotopic (exact) mass is 314 g/mol. The zero-order chi connectivity index (χ0) is 15.7. The van der Waals surface area contributed by atoms with E-state index >= 15 is 0 Å². The molecule has 3 N–H and O–H groups in total. The molecule has 0 aliphatic rings. The van der Waals surface area contributed by atoms with Gasteiger partial charge in [0.25, 0.3) is 5.91 Å². The van der Waals surface area contributed by atoms with Gasteiger partial charge >= 0.3 is 5.97 Å².